The summed E-state index contributed by atoms with van der Waals surface area (Å²) in [5.41, 5.74) is 5.60. The van der Waals surface area contributed by atoms with E-state index < -0.39 is 24.9 Å². The smallest absolute Gasteiger partial charge is 0.389 e. The molecule has 9 heteroatoms. The highest BCUT2D eigenvalue weighted by Crippen LogP contribution is 2.21. The Labute approximate surface area is 99.6 Å². The lowest BCUT2D eigenvalue weighted by Crippen LogP contribution is -2.19. The molecule has 94 valence electrons. The van der Waals surface area contributed by atoms with Crippen molar-refractivity contribution in [3.63, 3.8) is 0 Å². The average molecular weight is 266 g/mol. The highest BCUT2D eigenvalue weighted by atomic mass is 32.1. The Morgan fingerprint density at radius 2 is 2.24 bits per heavy atom. The van der Waals surface area contributed by atoms with Gasteiger partial charge in [-0.05, 0) is 0 Å². The molecule has 0 saturated carbocycles. The number of carbonyl (C=O) groups is 1. The quantitative estimate of drug-likeness (QED) is 0.718. The Morgan fingerprint density at radius 3 is 2.76 bits per heavy atom. The molecule has 17 heavy (non-hydrogen) atoms. The first-order chi connectivity index (χ1) is 7.79. The molecular formula is C8H9F3N4OS. The number of halogens is 3. The van der Waals surface area contributed by atoms with Crippen molar-refractivity contribution in [1.29, 1.82) is 0 Å². The summed E-state index contributed by atoms with van der Waals surface area (Å²) in [6.45, 7) is 0. The van der Waals surface area contributed by atoms with Crippen molar-refractivity contribution >= 4 is 28.9 Å². The predicted molar refractivity (Wildman–Crippen MR) is 58.4 cm³/mol. The molecule has 0 saturated heterocycles. The van der Waals surface area contributed by atoms with Crippen molar-refractivity contribution in [2.45, 2.75) is 19.0 Å². The summed E-state index contributed by atoms with van der Waals surface area (Å²) in [7, 11) is 0. The van der Waals surface area contributed by atoms with Crippen LogP contribution >= 0.6 is 12.2 Å². The lowest BCUT2D eigenvalue weighted by molar-refractivity contribution is -0.142. The molecule has 0 spiro atoms. The predicted octanol–water partition coefficient (Wildman–Crippen LogP) is 1.32. The van der Waals surface area contributed by atoms with Crippen molar-refractivity contribution in [2.75, 3.05) is 5.32 Å². The zero-order valence-electron chi connectivity index (χ0n) is 8.47. The second-order valence-electron chi connectivity index (χ2n) is 3.19. The SMILES string of the molecule is NC(=S)c1cn[nH]c1NC(=O)CCC(F)(F)F. The second kappa shape index (κ2) is 5.13. The number of thiocarbonyl (C=S) groups is 1. The molecule has 1 rings (SSSR count). The third-order valence-electron chi connectivity index (χ3n) is 1.80. The molecule has 5 nitrogen and oxygen atoms in total. The Hall–Kier alpha value is -1.64. The van der Waals surface area contributed by atoms with E-state index in [4.69, 9.17) is 5.73 Å². The highest BCUT2D eigenvalue weighted by Gasteiger charge is 2.28. The van der Waals surface area contributed by atoms with Gasteiger partial charge in [0.15, 0.2) is 0 Å². The molecule has 0 fully saturated rings. The van der Waals surface area contributed by atoms with E-state index in [9.17, 15) is 18.0 Å². The van der Waals surface area contributed by atoms with Gasteiger partial charge in [0.05, 0.1) is 18.2 Å². The molecule has 0 atom stereocenters. The number of anilines is 1. The fourth-order valence-electron chi connectivity index (χ4n) is 1.03. The zero-order valence-corrected chi connectivity index (χ0v) is 9.28. The minimum Gasteiger partial charge on any atom is -0.389 e. The fourth-order valence-corrected chi connectivity index (χ4v) is 1.18. The summed E-state index contributed by atoms with van der Waals surface area (Å²) < 4.78 is 35.6. The summed E-state index contributed by atoms with van der Waals surface area (Å²) in [5.74, 6) is -0.686. The fraction of sp³-hybridized carbons (Fsp3) is 0.375. The second-order valence-corrected chi connectivity index (χ2v) is 3.63. The van der Waals surface area contributed by atoms with Gasteiger partial charge in [0.1, 0.15) is 10.8 Å². The summed E-state index contributed by atoms with van der Waals surface area (Å²) in [6.07, 6.45) is -4.94. The minimum atomic E-state index is -4.36. The number of amides is 1. The van der Waals surface area contributed by atoms with Crippen molar-refractivity contribution in [3.8, 4) is 0 Å². The van der Waals surface area contributed by atoms with E-state index in [1.165, 1.54) is 6.20 Å². The van der Waals surface area contributed by atoms with E-state index in [1.54, 1.807) is 0 Å². The number of carbonyl (C=O) groups excluding carboxylic acids is 1. The number of aromatic nitrogens is 2. The molecule has 0 aliphatic heterocycles. The zero-order chi connectivity index (χ0) is 13.1. The van der Waals surface area contributed by atoms with E-state index in [1.807, 2.05) is 0 Å². The van der Waals surface area contributed by atoms with Crippen LogP contribution in [0.15, 0.2) is 6.20 Å². The number of hydrogen-bond donors (Lipinski definition) is 3. The third kappa shape index (κ3) is 4.39. The van der Waals surface area contributed by atoms with Crippen LogP contribution in [0.5, 0.6) is 0 Å². The van der Waals surface area contributed by atoms with Crippen LogP contribution in [0.2, 0.25) is 0 Å². The van der Waals surface area contributed by atoms with Gasteiger partial charge in [0, 0.05) is 6.42 Å². The lowest BCUT2D eigenvalue weighted by Gasteiger charge is -2.07. The number of hydrogen-bond acceptors (Lipinski definition) is 3. The number of rotatable bonds is 4. The van der Waals surface area contributed by atoms with E-state index in [2.05, 4.69) is 27.7 Å². The topological polar surface area (TPSA) is 83.8 Å². The molecule has 0 aromatic carbocycles. The molecular weight excluding hydrogens is 257 g/mol. The summed E-state index contributed by atoms with van der Waals surface area (Å²) in [4.78, 5) is 11.2. The number of nitrogens with one attached hydrogen (secondary N) is 2. The molecule has 1 aromatic rings. The van der Waals surface area contributed by atoms with Crippen LogP contribution in [-0.4, -0.2) is 27.3 Å². The molecule has 4 N–H and O–H groups in total. The molecule has 0 radical (unpaired) electrons. The minimum absolute atomic E-state index is 0.00938. The van der Waals surface area contributed by atoms with Crippen LogP contribution in [0.25, 0.3) is 0 Å². The Kier molecular flexibility index (Phi) is 4.05. The average Bonchev–Trinajstić information content (AvgIpc) is 2.62. The monoisotopic (exact) mass is 266 g/mol. The van der Waals surface area contributed by atoms with Gasteiger partial charge in [-0.2, -0.15) is 18.3 Å². The Bertz CT molecular complexity index is 429. The van der Waals surface area contributed by atoms with Gasteiger partial charge < -0.3 is 11.1 Å². The van der Waals surface area contributed by atoms with Crippen LogP contribution in [0.1, 0.15) is 18.4 Å². The van der Waals surface area contributed by atoms with Crippen LogP contribution in [0.3, 0.4) is 0 Å². The van der Waals surface area contributed by atoms with E-state index in [0.717, 1.165) is 0 Å². The molecule has 0 unspecified atom stereocenters. The molecule has 0 aliphatic carbocycles. The molecule has 0 bridgehead atoms. The van der Waals surface area contributed by atoms with Gasteiger partial charge in [-0.1, -0.05) is 12.2 Å². The first-order valence-corrected chi connectivity index (χ1v) is 4.90. The number of H-pyrrole nitrogens is 1. The molecule has 1 heterocycles. The largest absolute Gasteiger partial charge is 0.389 e. The molecule has 0 aliphatic rings. The van der Waals surface area contributed by atoms with E-state index in [0.29, 0.717) is 0 Å². The summed E-state index contributed by atoms with van der Waals surface area (Å²) in [6, 6.07) is 0. The van der Waals surface area contributed by atoms with Gasteiger partial charge in [0.2, 0.25) is 5.91 Å². The number of nitrogens with zero attached hydrogens (tertiary/aromatic N) is 1. The van der Waals surface area contributed by atoms with Gasteiger partial charge in [0.25, 0.3) is 0 Å². The first kappa shape index (κ1) is 13.4. The Balaban J connectivity index is 2.57. The maximum atomic E-state index is 11.9. The Morgan fingerprint density at radius 1 is 1.59 bits per heavy atom. The molecule has 1 amide bonds. The van der Waals surface area contributed by atoms with E-state index >= 15 is 0 Å². The van der Waals surface area contributed by atoms with Gasteiger partial charge in [-0.15, -0.1) is 0 Å². The lowest BCUT2D eigenvalue weighted by atomic mass is 10.2. The molecule has 1 aromatic heterocycles. The number of aromatic amines is 1. The number of alkyl halides is 3. The standard InChI is InChI=1S/C8H9F3N4OS/c9-8(10,11)2-1-5(16)14-7-4(6(12)17)3-13-15-7/h3H,1-2H2,(H2,12,17)(H2,13,14,15,16). The number of nitrogens with two attached hydrogens (primary N) is 1. The van der Waals surface area contributed by atoms with Gasteiger partial charge in [-0.25, -0.2) is 0 Å². The van der Waals surface area contributed by atoms with Crippen molar-refractivity contribution in [2.24, 2.45) is 5.73 Å². The van der Waals surface area contributed by atoms with Crippen molar-refractivity contribution in [3.05, 3.63) is 11.8 Å². The summed E-state index contributed by atoms with van der Waals surface area (Å²) >= 11 is 4.67. The summed E-state index contributed by atoms with van der Waals surface area (Å²) in [5, 5.41) is 8.18. The normalized spacial score (nSPS) is 11.2. The van der Waals surface area contributed by atoms with Crippen molar-refractivity contribution in [1.82, 2.24) is 10.2 Å². The van der Waals surface area contributed by atoms with E-state index in [-0.39, 0.29) is 16.4 Å². The van der Waals surface area contributed by atoms with Crippen LogP contribution in [-0.2, 0) is 4.79 Å². The van der Waals surface area contributed by atoms with Crippen LogP contribution < -0.4 is 11.1 Å². The maximum absolute atomic E-state index is 11.9. The highest BCUT2D eigenvalue weighted by molar-refractivity contribution is 7.80. The maximum Gasteiger partial charge on any atom is 0.389 e. The first-order valence-electron chi connectivity index (χ1n) is 4.49. The van der Waals surface area contributed by atoms with Crippen LogP contribution in [0.4, 0.5) is 19.0 Å². The third-order valence-corrected chi connectivity index (χ3v) is 2.02. The van der Waals surface area contributed by atoms with Gasteiger partial charge in [-0.3, -0.25) is 9.89 Å². The van der Waals surface area contributed by atoms with Crippen molar-refractivity contribution < 1.29 is 18.0 Å². The van der Waals surface area contributed by atoms with Gasteiger partial charge >= 0.3 is 6.18 Å². The van der Waals surface area contributed by atoms with Crippen LogP contribution in [0, 0.1) is 0 Å².